The highest BCUT2D eigenvalue weighted by atomic mass is 16.6. The van der Waals surface area contributed by atoms with Gasteiger partial charge in [0.2, 0.25) is 0 Å². The van der Waals surface area contributed by atoms with Crippen molar-refractivity contribution in [3.8, 4) is 0 Å². The quantitative estimate of drug-likeness (QED) is 0.785. The molecule has 1 aliphatic rings. The summed E-state index contributed by atoms with van der Waals surface area (Å²) in [5.41, 5.74) is 1.62. The van der Waals surface area contributed by atoms with Gasteiger partial charge in [0.25, 0.3) is 0 Å². The van der Waals surface area contributed by atoms with Crippen LogP contribution < -0.4 is 4.90 Å². The van der Waals surface area contributed by atoms with Crippen molar-refractivity contribution in [3.05, 3.63) is 54.2 Å². The van der Waals surface area contributed by atoms with Crippen molar-refractivity contribution in [2.75, 3.05) is 18.5 Å². The molecule has 0 N–H and O–H groups in total. The van der Waals surface area contributed by atoms with Crippen LogP contribution in [0.4, 0.5) is 16.3 Å². The summed E-state index contributed by atoms with van der Waals surface area (Å²) < 4.78 is 5.61. The van der Waals surface area contributed by atoms with Crippen LogP contribution in [0.15, 0.2) is 48.7 Å². The van der Waals surface area contributed by atoms with E-state index in [0.717, 1.165) is 29.9 Å². The lowest BCUT2D eigenvalue weighted by atomic mass is 10.0. The number of anilines is 2. The van der Waals surface area contributed by atoms with E-state index in [0.29, 0.717) is 6.54 Å². The molecule has 3 rings (SSSR count). The number of nitrogens with zero attached hydrogens (tertiary/aromatic N) is 3. The molecule has 0 bridgehead atoms. The number of likely N-dealkylation sites (tertiary alicyclic amines) is 1. The van der Waals surface area contributed by atoms with E-state index >= 15 is 0 Å². The number of hydrogen-bond donors (Lipinski definition) is 0. The molecule has 26 heavy (non-hydrogen) atoms. The first kappa shape index (κ1) is 18.2. The Hall–Kier alpha value is -2.56. The first-order chi connectivity index (χ1) is 12.4. The van der Waals surface area contributed by atoms with Gasteiger partial charge in [-0.25, -0.2) is 9.78 Å². The Bertz CT molecular complexity index is 755. The predicted octanol–water partition coefficient (Wildman–Crippen LogP) is 4.92. The van der Waals surface area contributed by atoms with Gasteiger partial charge in [0.05, 0.1) is 6.04 Å². The van der Waals surface area contributed by atoms with Crippen LogP contribution in [0.1, 0.15) is 45.2 Å². The molecule has 0 saturated carbocycles. The molecule has 0 aliphatic carbocycles. The van der Waals surface area contributed by atoms with Crippen LogP contribution >= 0.6 is 0 Å². The number of benzene rings is 1. The molecular weight excluding hydrogens is 326 g/mol. The van der Waals surface area contributed by atoms with Crippen molar-refractivity contribution in [1.29, 1.82) is 0 Å². The van der Waals surface area contributed by atoms with Crippen LogP contribution in [0.5, 0.6) is 0 Å². The van der Waals surface area contributed by atoms with E-state index in [1.165, 1.54) is 0 Å². The summed E-state index contributed by atoms with van der Waals surface area (Å²) in [6.45, 7) is 6.40. The molecule has 5 heteroatoms. The van der Waals surface area contributed by atoms with E-state index in [1.807, 2.05) is 57.0 Å². The Morgan fingerprint density at radius 2 is 1.92 bits per heavy atom. The molecule has 1 aromatic carbocycles. The van der Waals surface area contributed by atoms with Gasteiger partial charge < -0.3 is 14.5 Å². The van der Waals surface area contributed by atoms with Crippen molar-refractivity contribution in [3.63, 3.8) is 0 Å². The van der Waals surface area contributed by atoms with E-state index in [2.05, 4.69) is 28.1 Å². The lowest BCUT2D eigenvalue weighted by Crippen LogP contribution is -2.36. The summed E-state index contributed by atoms with van der Waals surface area (Å²) in [5, 5.41) is 0. The third-order valence-corrected chi connectivity index (χ3v) is 4.52. The highest BCUT2D eigenvalue weighted by Gasteiger charge is 2.35. The highest BCUT2D eigenvalue weighted by Crippen LogP contribution is 2.38. The summed E-state index contributed by atoms with van der Waals surface area (Å²) in [4.78, 5) is 21.2. The molecule has 138 valence electrons. The maximum absolute atomic E-state index is 12.7. The molecular formula is C21H27N3O2. The van der Waals surface area contributed by atoms with Gasteiger partial charge in [-0.2, -0.15) is 0 Å². The second-order valence-corrected chi connectivity index (χ2v) is 7.64. The normalized spacial score (nSPS) is 17.2. The number of para-hydroxylation sites is 1. The summed E-state index contributed by atoms with van der Waals surface area (Å²) >= 11 is 0. The van der Waals surface area contributed by atoms with Crippen molar-refractivity contribution in [2.24, 2.45) is 0 Å². The van der Waals surface area contributed by atoms with Gasteiger partial charge in [-0.15, -0.1) is 0 Å². The zero-order valence-electron chi connectivity index (χ0n) is 16.0. The largest absolute Gasteiger partial charge is 0.444 e. The lowest BCUT2D eigenvalue weighted by molar-refractivity contribution is 0.0224. The molecule has 2 aromatic rings. The summed E-state index contributed by atoms with van der Waals surface area (Å²) in [5.74, 6) is 0.874. The number of rotatable bonds is 3. The standard InChI is InChI=1S/C21H27N3O2/c1-21(2,3)26-20(25)24-15-9-13-18(24)17-12-8-14-22-19(17)23(4)16-10-6-5-7-11-16/h5-8,10-12,14,18H,9,13,15H2,1-4H3/t18-/m1/s1. The van der Waals surface area contributed by atoms with E-state index in [4.69, 9.17) is 4.74 Å². The van der Waals surface area contributed by atoms with Crippen molar-refractivity contribution in [1.82, 2.24) is 9.88 Å². The molecule has 2 heterocycles. The highest BCUT2D eigenvalue weighted by molar-refractivity contribution is 5.70. The summed E-state index contributed by atoms with van der Waals surface area (Å²) in [6.07, 6.45) is 3.43. The van der Waals surface area contributed by atoms with E-state index in [1.54, 1.807) is 6.20 Å². The van der Waals surface area contributed by atoms with Crippen molar-refractivity contribution in [2.45, 2.75) is 45.3 Å². The first-order valence-electron chi connectivity index (χ1n) is 9.10. The fourth-order valence-electron chi connectivity index (χ4n) is 3.35. The number of ether oxygens (including phenoxy) is 1. The average Bonchev–Trinajstić information content (AvgIpc) is 3.10. The number of pyridine rings is 1. The van der Waals surface area contributed by atoms with Gasteiger partial charge in [0.1, 0.15) is 11.4 Å². The Morgan fingerprint density at radius 3 is 2.62 bits per heavy atom. The number of hydrogen-bond acceptors (Lipinski definition) is 4. The van der Waals surface area contributed by atoms with Crippen molar-refractivity contribution >= 4 is 17.6 Å². The smallest absolute Gasteiger partial charge is 0.410 e. The molecule has 1 atom stereocenters. The van der Waals surface area contributed by atoms with Gasteiger partial charge in [-0.05, 0) is 51.8 Å². The van der Waals surface area contributed by atoms with Gasteiger partial charge >= 0.3 is 6.09 Å². The van der Waals surface area contributed by atoms with Gasteiger partial charge in [-0.3, -0.25) is 0 Å². The third kappa shape index (κ3) is 3.98. The van der Waals surface area contributed by atoms with Crippen molar-refractivity contribution < 1.29 is 9.53 Å². The zero-order valence-corrected chi connectivity index (χ0v) is 16.0. The number of amides is 1. The minimum absolute atomic E-state index is 0.0142. The van der Waals surface area contributed by atoms with E-state index in [-0.39, 0.29) is 12.1 Å². The molecule has 0 radical (unpaired) electrons. The molecule has 0 unspecified atom stereocenters. The molecule has 0 spiro atoms. The average molecular weight is 353 g/mol. The molecule has 1 aliphatic heterocycles. The molecule has 1 aromatic heterocycles. The first-order valence-corrected chi connectivity index (χ1v) is 9.10. The summed E-state index contributed by atoms with van der Waals surface area (Å²) in [6, 6.07) is 14.1. The SMILES string of the molecule is CN(c1ccccc1)c1ncccc1[C@H]1CCCN1C(=O)OC(C)(C)C. The van der Waals surface area contributed by atoms with Crippen LogP contribution in [0.3, 0.4) is 0 Å². The fraction of sp³-hybridized carbons (Fsp3) is 0.429. The second-order valence-electron chi connectivity index (χ2n) is 7.64. The van der Waals surface area contributed by atoms with Gasteiger partial charge in [0.15, 0.2) is 0 Å². The fourth-order valence-corrected chi connectivity index (χ4v) is 3.35. The molecule has 1 fully saturated rings. The van der Waals surface area contributed by atoms with Gasteiger partial charge in [0, 0.05) is 31.0 Å². The van der Waals surface area contributed by atoms with Crippen LogP contribution in [0.25, 0.3) is 0 Å². The summed E-state index contributed by atoms with van der Waals surface area (Å²) in [7, 11) is 2.01. The Kier molecular flexibility index (Phi) is 5.16. The number of aromatic nitrogens is 1. The lowest BCUT2D eigenvalue weighted by Gasteiger charge is -2.31. The second kappa shape index (κ2) is 7.36. The van der Waals surface area contributed by atoms with Crippen LogP contribution in [-0.4, -0.2) is 35.2 Å². The van der Waals surface area contributed by atoms with E-state index in [9.17, 15) is 4.79 Å². The minimum atomic E-state index is -0.497. The Morgan fingerprint density at radius 1 is 1.19 bits per heavy atom. The number of carbonyl (C=O) groups is 1. The third-order valence-electron chi connectivity index (χ3n) is 4.52. The Balaban J connectivity index is 1.90. The van der Waals surface area contributed by atoms with Crippen LogP contribution in [0, 0.1) is 0 Å². The zero-order chi connectivity index (χ0) is 18.7. The Labute approximate surface area is 155 Å². The topological polar surface area (TPSA) is 45.7 Å². The van der Waals surface area contributed by atoms with Gasteiger partial charge in [-0.1, -0.05) is 24.3 Å². The van der Waals surface area contributed by atoms with Crippen LogP contribution in [-0.2, 0) is 4.74 Å². The molecule has 1 amide bonds. The number of carbonyl (C=O) groups excluding carboxylic acids is 1. The minimum Gasteiger partial charge on any atom is -0.444 e. The molecule has 5 nitrogen and oxygen atoms in total. The van der Waals surface area contributed by atoms with Crippen LogP contribution in [0.2, 0.25) is 0 Å². The predicted molar refractivity (Wildman–Crippen MR) is 104 cm³/mol. The maximum Gasteiger partial charge on any atom is 0.410 e. The molecule has 1 saturated heterocycles. The maximum atomic E-state index is 12.7. The monoisotopic (exact) mass is 353 g/mol. The van der Waals surface area contributed by atoms with E-state index < -0.39 is 5.60 Å².